The standard InChI is InChI=1S/C15H18F3NO3/c1-2-9-19(10-13(20)21)14(22)12-5-3-11(4-6-12)7-8-15(16,17)18/h3-6H,2,7-10H2,1H3,(H,20,21). The van der Waals surface area contributed by atoms with Crippen LogP contribution in [-0.4, -0.2) is 41.1 Å². The molecule has 0 aliphatic rings. The minimum absolute atomic E-state index is 0.147. The molecule has 7 heteroatoms. The first-order valence-corrected chi connectivity index (χ1v) is 6.89. The second kappa shape index (κ2) is 7.82. The van der Waals surface area contributed by atoms with Crippen molar-refractivity contribution >= 4 is 11.9 Å². The van der Waals surface area contributed by atoms with Crippen molar-refractivity contribution < 1.29 is 27.9 Å². The second-order valence-electron chi connectivity index (χ2n) is 4.93. The van der Waals surface area contributed by atoms with Crippen molar-refractivity contribution in [3.8, 4) is 0 Å². The third-order valence-electron chi connectivity index (χ3n) is 3.00. The van der Waals surface area contributed by atoms with Crippen molar-refractivity contribution in [3.63, 3.8) is 0 Å². The Balaban J connectivity index is 2.75. The number of aliphatic carboxylic acids is 1. The Morgan fingerprint density at radius 2 is 1.77 bits per heavy atom. The maximum atomic E-state index is 12.2. The van der Waals surface area contributed by atoms with Crippen molar-refractivity contribution in [1.82, 2.24) is 4.90 Å². The molecule has 0 bridgehead atoms. The highest BCUT2D eigenvalue weighted by atomic mass is 19.4. The average molecular weight is 317 g/mol. The lowest BCUT2D eigenvalue weighted by atomic mass is 10.1. The van der Waals surface area contributed by atoms with Gasteiger partial charge in [0.05, 0.1) is 0 Å². The van der Waals surface area contributed by atoms with Gasteiger partial charge in [0.1, 0.15) is 6.54 Å². The number of alkyl halides is 3. The van der Waals surface area contributed by atoms with E-state index in [9.17, 15) is 22.8 Å². The van der Waals surface area contributed by atoms with Crippen LogP contribution in [0.1, 0.15) is 35.7 Å². The van der Waals surface area contributed by atoms with E-state index in [4.69, 9.17) is 5.11 Å². The van der Waals surface area contributed by atoms with Gasteiger partial charge in [-0.1, -0.05) is 19.1 Å². The number of rotatable bonds is 7. The molecule has 0 aromatic heterocycles. The van der Waals surface area contributed by atoms with Crippen LogP contribution in [0.4, 0.5) is 13.2 Å². The zero-order chi connectivity index (χ0) is 16.8. The minimum atomic E-state index is -4.21. The Kier molecular flexibility index (Phi) is 6.39. The van der Waals surface area contributed by atoms with Gasteiger partial charge in [0, 0.05) is 18.5 Å². The van der Waals surface area contributed by atoms with Gasteiger partial charge in [0.2, 0.25) is 0 Å². The van der Waals surface area contributed by atoms with E-state index < -0.39 is 31.0 Å². The first-order chi connectivity index (χ1) is 10.2. The molecule has 0 saturated heterocycles. The van der Waals surface area contributed by atoms with Gasteiger partial charge in [0.15, 0.2) is 0 Å². The van der Waals surface area contributed by atoms with Crippen LogP contribution in [0.15, 0.2) is 24.3 Å². The molecule has 0 saturated carbocycles. The van der Waals surface area contributed by atoms with Crippen LogP contribution in [-0.2, 0) is 11.2 Å². The Morgan fingerprint density at radius 3 is 2.23 bits per heavy atom. The lowest BCUT2D eigenvalue weighted by Crippen LogP contribution is -2.36. The Morgan fingerprint density at radius 1 is 1.18 bits per heavy atom. The van der Waals surface area contributed by atoms with Crippen molar-refractivity contribution in [2.45, 2.75) is 32.4 Å². The van der Waals surface area contributed by atoms with Gasteiger partial charge in [-0.25, -0.2) is 0 Å². The van der Waals surface area contributed by atoms with Gasteiger partial charge in [0.25, 0.3) is 5.91 Å². The molecule has 0 spiro atoms. The van der Waals surface area contributed by atoms with Crippen LogP contribution >= 0.6 is 0 Å². The van der Waals surface area contributed by atoms with E-state index in [1.807, 2.05) is 6.92 Å². The molecule has 4 nitrogen and oxygen atoms in total. The second-order valence-corrected chi connectivity index (χ2v) is 4.93. The number of carbonyl (C=O) groups excluding carboxylic acids is 1. The van der Waals surface area contributed by atoms with Crippen LogP contribution in [0.2, 0.25) is 0 Å². The Bertz CT molecular complexity index is 512. The molecule has 0 unspecified atom stereocenters. The molecular formula is C15H18F3NO3. The van der Waals surface area contributed by atoms with Gasteiger partial charge in [-0.15, -0.1) is 0 Å². The van der Waals surface area contributed by atoms with E-state index in [-0.39, 0.29) is 12.0 Å². The molecule has 122 valence electrons. The summed E-state index contributed by atoms with van der Waals surface area (Å²) in [5.74, 6) is -1.55. The highest BCUT2D eigenvalue weighted by molar-refractivity contribution is 5.95. The van der Waals surface area contributed by atoms with Crippen LogP contribution < -0.4 is 0 Å². The zero-order valence-electron chi connectivity index (χ0n) is 12.2. The molecule has 1 aromatic carbocycles. The monoisotopic (exact) mass is 317 g/mol. The summed E-state index contributed by atoms with van der Waals surface area (Å²) in [7, 11) is 0. The topological polar surface area (TPSA) is 57.6 Å². The molecule has 0 heterocycles. The highest BCUT2D eigenvalue weighted by Crippen LogP contribution is 2.22. The number of carboxylic acids is 1. The van der Waals surface area contributed by atoms with E-state index in [2.05, 4.69) is 0 Å². The van der Waals surface area contributed by atoms with Gasteiger partial charge in [-0.05, 0) is 30.5 Å². The molecule has 1 N–H and O–H groups in total. The van der Waals surface area contributed by atoms with E-state index in [1.54, 1.807) is 0 Å². The molecule has 22 heavy (non-hydrogen) atoms. The summed E-state index contributed by atoms with van der Waals surface area (Å²) in [4.78, 5) is 24.1. The van der Waals surface area contributed by atoms with Crippen molar-refractivity contribution in [2.75, 3.05) is 13.1 Å². The molecule has 0 aliphatic heterocycles. The van der Waals surface area contributed by atoms with Crippen LogP contribution in [0.5, 0.6) is 0 Å². The minimum Gasteiger partial charge on any atom is -0.480 e. The van der Waals surface area contributed by atoms with Crippen molar-refractivity contribution in [2.24, 2.45) is 0 Å². The molecule has 1 amide bonds. The third kappa shape index (κ3) is 6.15. The smallest absolute Gasteiger partial charge is 0.389 e. The number of hydrogen-bond acceptors (Lipinski definition) is 2. The normalized spacial score (nSPS) is 11.3. The molecular weight excluding hydrogens is 299 g/mol. The number of hydrogen-bond donors (Lipinski definition) is 1. The van der Waals surface area contributed by atoms with E-state index >= 15 is 0 Å². The van der Waals surface area contributed by atoms with Crippen molar-refractivity contribution in [1.29, 1.82) is 0 Å². The molecule has 1 rings (SSSR count). The van der Waals surface area contributed by atoms with Crippen LogP contribution in [0.25, 0.3) is 0 Å². The van der Waals surface area contributed by atoms with Gasteiger partial charge in [-0.2, -0.15) is 13.2 Å². The number of benzene rings is 1. The summed E-state index contributed by atoms with van der Waals surface area (Å²) >= 11 is 0. The first kappa shape index (κ1) is 18.0. The number of carboxylic acid groups (broad SMARTS) is 1. The fourth-order valence-electron chi connectivity index (χ4n) is 1.97. The molecule has 0 fully saturated rings. The summed E-state index contributed by atoms with van der Waals surface area (Å²) in [5, 5.41) is 8.80. The first-order valence-electron chi connectivity index (χ1n) is 6.89. The molecule has 0 radical (unpaired) electrons. The third-order valence-corrected chi connectivity index (χ3v) is 3.00. The summed E-state index contributed by atoms with van der Waals surface area (Å²) in [6, 6.07) is 5.78. The summed E-state index contributed by atoms with van der Waals surface area (Å²) < 4.78 is 36.4. The van der Waals surface area contributed by atoms with E-state index in [0.717, 1.165) is 0 Å². The maximum Gasteiger partial charge on any atom is 0.389 e. The summed E-state index contributed by atoms with van der Waals surface area (Å²) in [6.45, 7) is 1.73. The Labute approximate surface area is 126 Å². The quantitative estimate of drug-likeness (QED) is 0.840. The number of amides is 1. The van der Waals surface area contributed by atoms with Crippen LogP contribution in [0.3, 0.4) is 0 Å². The van der Waals surface area contributed by atoms with Gasteiger partial charge >= 0.3 is 12.1 Å². The van der Waals surface area contributed by atoms with E-state index in [0.29, 0.717) is 18.5 Å². The summed E-state index contributed by atoms with van der Waals surface area (Å²) in [5.41, 5.74) is 0.750. The molecule has 1 aromatic rings. The predicted octanol–water partition coefficient (Wildman–Crippen LogP) is 3.12. The number of carbonyl (C=O) groups is 2. The zero-order valence-corrected chi connectivity index (χ0v) is 12.2. The number of nitrogens with zero attached hydrogens (tertiary/aromatic N) is 1. The van der Waals surface area contributed by atoms with Crippen LogP contribution in [0, 0.1) is 0 Å². The maximum absolute atomic E-state index is 12.2. The Hall–Kier alpha value is -2.05. The average Bonchev–Trinajstić information content (AvgIpc) is 2.43. The fraction of sp³-hybridized carbons (Fsp3) is 0.467. The van der Waals surface area contributed by atoms with E-state index in [1.165, 1.54) is 29.2 Å². The summed E-state index contributed by atoms with van der Waals surface area (Å²) in [6.07, 6.45) is -4.66. The fourth-order valence-corrected chi connectivity index (χ4v) is 1.97. The largest absolute Gasteiger partial charge is 0.480 e. The molecule has 0 atom stereocenters. The highest BCUT2D eigenvalue weighted by Gasteiger charge is 2.26. The molecule has 0 aliphatic carbocycles. The van der Waals surface area contributed by atoms with Gasteiger partial charge in [-0.3, -0.25) is 9.59 Å². The number of halogens is 3. The van der Waals surface area contributed by atoms with Crippen molar-refractivity contribution in [3.05, 3.63) is 35.4 Å². The predicted molar refractivity (Wildman–Crippen MR) is 74.6 cm³/mol. The van der Waals surface area contributed by atoms with Gasteiger partial charge < -0.3 is 10.0 Å². The SMILES string of the molecule is CCCN(CC(=O)O)C(=O)c1ccc(CCC(F)(F)F)cc1. The number of aryl methyl sites for hydroxylation is 1. The lowest BCUT2D eigenvalue weighted by molar-refractivity contribution is -0.138. The lowest BCUT2D eigenvalue weighted by Gasteiger charge is -2.20.